The molecular weight excluding hydrogens is 296 g/mol. The summed E-state index contributed by atoms with van der Waals surface area (Å²) in [7, 11) is 0. The predicted octanol–water partition coefficient (Wildman–Crippen LogP) is 1.72. The van der Waals surface area contributed by atoms with Gasteiger partial charge in [0, 0.05) is 42.8 Å². The summed E-state index contributed by atoms with van der Waals surface area (Å²) in [4.78, 5) is 2.46. The lowest BCUT2D eigenvalue weighted by Crippen LogP contribution is -2.43. The standard InChI is InChI=1S/C13H17BrN2O2/c14-12-1-2-13-11(8-17-9-18-13)10(12)7-16-5-3-15-4-6-16/h1-2,15H,3-9H2. The number of nitrogens with one attached hydrogen (secondary N) is 1. The Morgan fingerprint density at radius 1 is 1.28 bits per heavy atom. The normalized spacial score (nSPS) is 20.3. The van der Waals surface area contributed by atoms with E-state index in [-0.39, 0.29) is 0 Å². The second-order valence-corrected chi connectivity index (χ2v) is 5.49. The molecule has 1 saturated heterocycles. The Kier molecular flexibility index (Phi) is 3.84. The molecule has 2 aliphatic rings. The van der Waals surface area contributed by atoms with Crippen molar-refractivity contribution in [2.24, 2.45) is 0 Å². The number of halogens is 1. The number of fused-ring (bicyclic) bond motifs is 1. The van der Waals surface area contributed by atoms with Crippen LogP contribution >= 0.6 is 15.9 Å². The van der Waals surface area contributed by atoms with Crippen LogP contribution in [0.15, 0.2) is 16.6 Å². The van der Waals surface area contributed by atoms with E-state index in [0.717, 1.165) is 42.9 Å². The van der Waals surface area contributed by atoms with Gasteiger partial charge in [-0.1, -0.05) is 15.9 Å². The zero-order valence-corrected chi connectivity index (χ0v) is 11.8. The van der Waals surface area contributed by atoms with Crippen molar-refractivity contribution >= 4 is 15.9 Å². The third-order valence-corrected chi connectivity index (χ3v) is 4.21. The van der Waals surface area contributed by atoms with Crippen molar-refractivity contribution in [2.45, 2.75) is 13.2 Å². The molecule has 1 aromatic carbocycles. The summed E-state index contributed by atoms with van der Waals surface area (Å²) < 4.78 is 12.1. The molecule has 98 valence electrons. The summed E-state index contributed by atoms with van der Waals surface area (Å²) in [5.74, 6) is 0.967. The predicted molar refractivity (Wildman–Crippen MR) is 72.6 cm³/mol. The van der Waals surface area contributed by atoms with Crippen LogP contribution in [0.1, 0.15) is 11.1 Å². The topological polar surface area (TPSA) is 33.7 Å². The maximum atomic E-state index is 5.53. The number of rotatable bonds is 2. The van der Waals surface area contributed by atoms with Gasteiger partial charge in [0.1, 0.15) is 5.75 Å². The molecule has 3 rings (SSSR count). The fraction of sp³-hybridized carbons (Fsp3) is 0.538. The minimum Gasteiger partial charge on any atom is -0.467 e. The van der Waals surface area contributed by atoms with Crippen molar-refractivity contribution in [1.29, 1.82) is 0 Å². The Morgan fingerprint density at radius 3 is 2.94 bits per heavy atom. The van der Waals surface area contributed by atoms with Gasteiger partial charge in [-0.2, -0.15) is 0 Å². The van der Waals surface area contributed by atoms with Gasteiger partial charge in [-0.3, -0.25) is 4.90 Å². The van der Waals surface area contributed by atoms with E-state index in [2.05, 4.69) is 32.2 Å². The monoisotopic (exact) mass is 312 g/mol. The minimum absolute atomic E-state index is 0.363. The van der Waals surface area contributed by atoms with E-state index in [4.69, 9.17) is 9.47 Å². The Balaban J connectivity index is 1.85. The smallest absolute Gasteiger partial charge is 0.189 e. The highest BCUT2D eigenvalue weighted by Crippen LogP contribution is 2.33. The molecule has 4 nitrogen and oxygen atoms in total. The molecule has 0 atom stereocenters. The van der Waals surface area contributed by atoms with Crippen LogP contribution in [0.25, 0.3) is 0 Å². The molecule has 0 radical (unpaired) electrons. The molecule has 0 amide bonds. The fourth-order valence-electron chi connectivity index (χ4n) is 2.45. The average Bonchev–Trinajstić information content (AvgIpc) is 2.43. The molecular formula is C13H17BrN2O2. The summed E-state index contributed by atoms with van der Waals surface area (Å²) in [6, 6.07) is 4.09. The van der Waals surface area contributed by atoms with E-state index in [9.17, 15) is 0 Å². The molecule has 2 aliphatic heterocycles. The molecule has 0 unspecified atom stereocenters. The van der Waals surface area contributed by atoms with Crippen molar-refractivity contribution in [3.8, 4) is 5.75 Å². The van der Waals surface area contributed by atoms with Crippen LogP contribution in [0, 0.1) is 0 Å². The Hall–Kier alpha value is -0.620. The fourth-order valence-corrected chi connectivity index (χ4v) is 2.95. The lowest BCUT2D eigenvalue weighted by atomic mass is 10.1. The first kappa shape index (κ1) is 12.4. The molecule has 2 heterocycles. The summed E-state index contributed by atoms with van der Waals surface area (Å²) >= 11 is 3.65. The maximum absolute atomic E-state index is 5.53. The molecule has 0 aromatic heterocycles. The van der Waals surface area contributed by atoms with Crippen LogP contribution in [0.2, 0.25) is 0 Å². The van der Waals surface area contributed by atoms with E-state index in [1.165, 1.54) is 11.1 Å². The number of benzene rings is 1. The number of piperazine rings is 1. The largest absolute Gasteiger partial charge is 0.467 e. The summed E-state index contributed by atoms with van der Waals surface area (Å²) in [5, 5.41) is 3.37. The van der Waals surface area contributed by atoms with Crippen LogP contribution in [0.5, 0.6) is 5.75 Å². The van der Waals surface area contributed by atoms with Gasteiger partial charge < -0.3 is 14.8 Å². The van der Waals surface area contributed by atoms with E-state index in [0.29, 0.717) is 13.4 Å². The third kappa shape index (κ3) is 2.54. The maximum Gasteiger partial charge on any atom is 0.189 e. The quantitative estimate of drug-likeness (QED) is 0.901. The average molecular weight is 313 g/mol. The molecule has 5 heteroatoms. The van der Waals surface area contributed by atoms with Crippen molar-refractivity contribution in [3.05, 3.63) is 27.7 Å². The van der Waals surface area contributed by atoms with Gasteiger partial charge in [0.25, 0.3) is 0 Å². The van der Waals surface area contributed by atoms with Crippen molar-refractivity contribution in [3.63, 3.8) is 0 Å². The van der Waals surface area contributed by atoms with Gasteiger partial charge in [0.15, 0.2) is 6.79 Å². The number of hydrogen-bond donors (Lipinski definition) is 1. The Bertz CT molecular complexity index is 433. The highest BCUT2D eigenvalue weighted by atomic mass is 79.9. The van der Waals surface area contributed by atoms with Crippen LogP contribution in [0.4, 0.5) is 0 Å². The number of hydrogen-bond acceptors (Lipinski definition) is 4. The van der Waals surface area contributed by atoms with E-state index in [1.807, 2.05) is 6.07 Å². The highest BCUT2D eigenvalue weighted by molar-refractivity contribution is 9.10. The minimum atomic E-state index is 0.363. The lowest BCUT2D eigenvalue weighted by molar-refractivity contribution is -0.0172. The van der Waals surface area contributed by atoms with Gasteiger partial charge in [-0.25, -0.2) is 0 Å². The van der Waals surface area contributed by atoms with Gasteiger partial charge in [0.05, 0.1) is 6.61 Å². The second kappa shape index (κ2) is 5.57. The van der Waals surface area contributed by atoms with Crippen LogP contribution in [0.3, 0.4) is 0 Å². The zero-order valence-electron chi connectivity index (χ0n) is 10.2. The van der Waals surface area contributed by atoms with E-state index >= 15 is 0 Å². The summed E-state index contributed by atoms with van der Waals surface area (Å²) in [5.41, 5.74) is 2.49. The second-order valence-electron chi connectivity index (χ2n) is 4.64. The summed E-state index contributed by atoms with van der Waals surface area (Å²) in [6.45, 7) is 6.30. The Morgan fingerprint density at radius 2 is 2.11 bits per heavy atom. The zero-order chi connectivity index (χ0) is 12.4. The molecule has 0 spiro atoms. The van der Waals surface area contributed by atoms with Gasteiger partial charge >= 0.3 is 0 Å². The first-order chi connectivity index (χ1) is 8.84. The summed E-state index contributed by atoms with van der Waals surface area (Å²) in [6.07, 6.45) is 0. The van der Waals surface area contributed by atoms with Crippen molar-refractivity contribution in [2.75, 3.05) is 33.0 Å². The van der Waals surface area contributed by atoms with Gasteiger partial charge in [0.2, 0.25) is 0 Å². The third-order valence-electron chi connectivity index (χ3n) is 3.47. The van der Waals surface area contributed by atoms with Crippen LogP contribution < -0.4 is 10.1 Å². The Labute approximate surface area is 115 Å². The SMILES string of the molecule is Brc1ccc2c(c1CN1CCNCC1)COCO2. The number of ether oxygens (including phenoxy) is 2. The van der Waals surface area contributed by atoms with Crippen molar-refractivity contribution in [1.82, 2.24) is 10.2 Å². The molecule has 0 aliphatic carbocycles. The number of nitrogens with zero attached hydrogens (tertiary/aromatic N) is 1. The lowest BCUT2D eigenvalue weighted by Gasteiger charge is -2.29. The van der Waals surface area contributed by atoms with E-state index in [1.54, 1.807) is 0 Å². The first-order valence-corrected chi connectivity index (χ1v) is 7.08. The molecule has 1 fully saturated rings. The van der Waals surface area contributed by atoms with E-state index < -0.39 is 0 Å². The van der Waals surface area contributed by atoms with Crippen molar-refractivity contribution < 1.29 is 9.47 Å². The van der Waals surface area contributed by atoms with Crippen LogP contribution in [-0.4, -0.2) is 37.9 Å². The highest BCUT2D eigenvalue weighted by Gasteiger charge is 2.20. The van der Waals surface area contributed by atoms with Gasteiger partial charge in [-0.05, 0) is 17.7 Å². The first-order valence-electron chi connectivity index (χ1n) is 6.28. The molecule has 0 bridgehead atoms. The molecule has 18 heavy (non-hydrogen) atoms. The molecule has 0 saturated carbocycles. The molecule has 1 N–H and O–H groups in total. The molecule has 1 aromatic rings. The van der Waals surface area contributed by atoms with Gasteiger partial charge in [-0.15, -0.1) is 0 Å². The van der Waals surface area contributed by atoms with Crippen LogP contribution in [-0.2, 0) is 17.9 Å².